The zero-order valence-corrected chi connectivity index (χ0v) is 37.2. The van der Waals surface area contributed by atoms with E-state index in [1.165, 1.54) is 19.6 Å². The number of imide groups is 4. The van der Waals surface area contributed by atoms with E-state index in [1.807, 2.05) is 62.4 Å². The first-order valence-electron chi connectivity index (χ1n) is 23.4. The van der Waals surface area contributed by atoms with Crippen molar-refractivity contribution in [3.8, 4) is 0 Å². The lowest BCUT2D eigenvalue weighted by molar-refractivity contribution is 0.0566. The first-order valence-corrected chi connectivity index (χ1v) is 23.4. The number of fused-ring (bicyclic) bond motifs is 4. The molecule has 0 saturated carbocycles. The lowest BCUT2D eigenvalue weighted by Crippen LogP contribution is -2.44. The van der Waals surface area contributed by atoms with Crippen LogP contribution in [0.25, 0.3) is 86.2 Å². The lowest BCUT2D eigenvalue weighted by atomic mass is 9.82. The zero-order valence-electron chi connectivity index (χ0n) is 37.2. The molecule has 0 fully saturated rings. The van der Waals surface area contributed by atoms with Crippen LogP contribution in [0.15, 0.2) is 97.1 Å². The summed E-state index contributed by atoms with van der Waals surface area (Å²) in [5.74, 6) is -3.20. The number of hydrogen-bond acceptors (Lipinski definition) is 8. The highest BCUT2D eigenvalue weighted by atomic mass is 16.2. The Kier molecular flexibility index (Phi) is 7.73. The highest BCUT2D eigenvalue weighted by molar-refractivity contribution is 6.43. The molecular formula is C57H36N4O8. The van der Waals surface area contributed by atoms with Gasteiger partial charge in [0.05, 0.1) is 0 Å². The van der Waals surface area contributed by atoms with Crippen molar-refractivity contribution in [3.63, 3.8) is 0 Å². The molecule has 12 heteroatoms. The Morgan fingerprint density at radius 3 is 0.594 bits per heavy atom. The Morgan fingerprint density at radius 1 is 0.246 bits per heavy atom. The molecule has 4 aliphatic rings. The zero-order chi connectivity index (χ0) is 47.0. The van der Waals surface area contributed by atoms with E-state index in [9.17, 15) is 38.4 Å². The fourth-order valence-electron chi connectivity index (χ4n) is 12.4. The van der Waals surface area contributed by atoms with Crippen LogP contribution < -0.4 is 0 Å². The van der Waals surface area contributed by atoms with Crippen LogP contribution in [0.2, 0.25) is 0 Å². The Hall–Kier alpha value is -8.64. The van der Waals surface area contributed by atoms with Crippen molar-refractivity contribution in [2.45, 2.75) is 33.1 Å². The van der Waals surface area contributed by atoms with Crippen molar-refractivity contribution in [2.75, 3.05) is 26.2 Å². The van der Waals surface area contributed by atoms with Gasteiger partial charge >= 0.3 is 0 Å². The van der Waals surface area contributed by atoms with Crippen molar-refractivity contribution in [3.05, 3.63) is 142 Å². The third kappa shape index (κ3) is 4.72. The molecule has 332 valence electrons. The molecule has 0 saturated heterocycles. The van der Waals surface area contributed by atoms with Gasteiger partial charge in [-0.3, -0.25) is 58.0 Å². The maximum absolute atomic E-state index is 14.4. The molecular weight excluding hydrogens is 869 g/mol. The Labute approximate surface area is 390 Å². The topological polar surface area (TPSA) is 150 Å². The molecule has 0 N–H and O–H groups in total. The first kappa shape index (κ1) is 39.5. The maximum Gasteiger partial charge on any atom is 0.261 e. The van der Waals surface area contributed by atoms with Gasteiger partial charge in [0.2, 0.25) is 0 Å². The fraction of sp³-hybridized carbons (Fsp3) is 0.158. The molecule has 4 aliphatic heterocycles. The van der Waals surface area contributed by atoms with E-state index < -0.39 is 23.6 Å². The summed E-state index contributed by atoms with van der Waals surface area (Å²) in [6, 6.07) is 29.0. The van der Waals surface area contributed by atoms with Gasteiger partial charge in [-0.1, -0.05) is 62.4 Å². The van der Waals surface area contributed by atoms with Crippen LogP contribution >= 0.6 is 0 Å². The van der Waals surface area contributed by atoms with Crippen molar-refractivity contribution < 1.29 is 38.4 Å². The van der Waals surface area contributed by atoms with E-state index in [-0.39, 0.29) is 43.1 Å². The molecule has 0 unspecified atom stereocenters. The summed E-state index contributed by atoms with van der Waals surface area (Å²) in [4.78, 5) is 117. The summed E-state index contributed by atoms with van der Waals surface area (Å²) in [7, 11) is 0. The molecule has 10 aromatic rings. The maximum atomic E-state index is 14.4. The SMILES string of the molecule is CCCN1C(=O)c2ccc3c4ccc5c6c(ccc(c7ccc(c2c37)C1=O)c64)C(=O)N(CCCN1C(=O)c2ccc3c4ccc6c7c(ccc(c8ccc(c2c38)C1=O)c74)C(=O)N(CCC)C6=O)C5=O. The monoisotopic (exact) mass is 904 g/mol. The van der Waals surface area contributed by atoms with Crippen LogP contribution in [-0.4, -0.2) is 93.0 Å². The second-order valence-corrected chi connectivity index (χ2v) is 18.7. The Morgan fingerprint density at radius 2 is 0.420 bits per heavy atom. The van der Waals surface area contributed by atoms with Crippen LogP contribution in [0.4, 0.5) is 0 Å². The minimum absolute atomic E-state index is 0.0456. The second-order valence-electron chi connectivity index (χ2n) is 18.7. The van der Waals surface area contributed by atoms with Gasteiger partial charge < -0.3 is 0 Å². The lowest BCUT2D eigenvalue weighted by Gasteiger charge is -2.31. The standard InChI is InChI=1S/C57H36N4O8/c1-3-22-58-50(62)34-14-6-26-30-10-18-38-48-39(19-11-31(44(30)48)27-7-15-35(51(58)63)46(34)42(26)27)55(67)60(54(38)66)24-5-25-61-56(68)40-20-12-32-28-8-16-36-47-37(53(65)59(23-4-2)52(36)64)17-9-29(43(28)47)33-13-21-41(57(61)69)49(40)45(32)33/h6-21H,3-5,22-25H2,1-2H3. The van der Waals surface area contributed by atoms with Gasteiger partial charge in [-0.2, -0.15) is 0 Å². The van der Waals surface area contributed by atoms with Crippen molar-refractivity contribution in [1.29, 1.82) is 0 Å². The number of rotatable bonds is 8. The van der Waals surface area contributed by atoms with Gasteiger partial charge in [-0.25, -0.2) is 0 Å². The van der Waals surface area contributed by atoms with Crippen molar-refractivity contribution >= 4 is 133 Å². The summed E-state index contributed by atoms with van der Waals surface area (Å²) < 4.78 is 0. The van der Waals surface area contributed by atoms with Crippen LogP contribution in [0.1, 0.15) is 116 Å². The molecule has 0 atom stereocenters. The third-order valence-electron chi connectivity index (χ3n) is 15.3. The van der Waals surface area contributed by atoms with Crippen LogP contribution in [0.5, 0.6) is 0 Å². The van der Waals surface area contributed by atoms with Crippen LogP contribution in [0.3, 0.4) is 0 Å². The molecule has 4 heterocycles. The van der Waals surface area contributed by atoms with E-state index in [0.29, 0.717) is 92.0 Å². The number of amides is 8. The molecule has 69 heavy (non-hydrogen) atoms. The Bertz CT molecular complexity index is 3720. The van der Waals surface area contributed by atoms with E-state index in [4.69, 9.17) is 0 Å². The third-order valence-corrected chi connectivity index (χ3v) is 15.3. The number of benzene rings is 10. The van der Waals surface area contributed by atoms with Crippen LogP contribution in [-0.2, 0) is 0 Å². The van der Waals surface area contributed by atoms with Gasteiger partial charge in [0.25, 0.3) is 47.3 Å². The molecule has 0 spiro atoms. The molecule has 0 radical (unpaired) electrons. The molecule has 12 nitrogen and oxygen atoms in total. The largest absolute Gasteiger partial charge is 0.274 e. The van der Waals surface area contributed by atoms with E-state index in [1.54, 1.807) is 48.5 Å². The molecule has 0 aromatic heterocycles. The Balaban J connectivity index is 0.788. The summed E-state index contributed by atoms with van der Waals surface area (Å²) in [5.41, 5.74) is 3.31. The number of hydrogen-bond donors (Lipinski definition) is 0. The normalized spacial score (nSPS) is 15.9. The summed E-state index contributed by atoms with van der Waals surface area (Å²) in [6.45, 7) is 4.40. The summed E-state index contributed by atoms with van der Waals surface area (Å²) >= 11 is 0. The minimum atomic E-state index is -0.479. The summed E-state index contributed by atoms with van der Waals surface area (Å²) in [5, 5.41) is 11.8. The highest BCUT2D eigenvalue weighted by Crippen LogP contribution is 2.48. The summed E-state index contributed by atoms with van der Waals surface area (Å²) in [6.07, 6.45) is 1.42. The average Bonchev–Trinajstić information content (AvgIpc) is 3.36. The second kappa shape index (κ2) is 13.5. The predicted octanol–water partition coefficient (Wildman–Crippen LogP) is 10.1. The highest BCUT2D eigenvalue weighted by Gasteiger charge is 2.40. The quantitative estimate of drug-likeness (QED) is 0.0831. The molecule has 10 aromatic carbocycles. The van der Waals surface area contributed by atoms with Crippen molar-refractivity contribution in [2.24, 2.45) is 0 Å². The molecule has 0 bridgehead atoms. The van der Waals surface area contributed by atoms with Gasteiger partial charge in [0.1, 0.15) is 0 Å². The average molecular weight is 905 g/mol. The predicted molar refractivity (Wildman–Crippen MR) is 262 cm³/mol. The number of carbonyl (C=O) groups is 8. The van der Waals surface area contributed by atoms with Gasteiger partial charge in [0, 0.05) is 92.2 Å². The smallest absolute Gasteiger partial charge is 0.261 e. The van der Waals surface area contributed by atoms with Gasteiger partial charge in [-0.15, -0.1) is 0 Å². The fourth-order valence-corrected chi connectivity index (χ4v) is 12.4. The van der Waals surface area contributed by atoms with E-state index in [0.717, 1.165) is 64.6 Å². The minimum Gasteiger partial charge on any atom is -0.274 e. The molecule has 8 amide bonds. The van der Waals surface area contributed by atoms with Crippen molar-refractivity contribution in [1.82, 2.24) is 19.6 Å². The van der Waals surface area contributed by atoms with Gasteiger partial charge in [0.15, 0.2) is 0 Å². The first-order chi connectivity index (χ1) is 33.5. The van der Waals surface area contributed by atoms with E-state index >= 15 is 0 Å². The van der Waals surface area contributed by atoms with Gasteiger partial charge in [-0.05, 0) is 132 Å². The van der Waals surface area contributed by atoms with E-state index in [2.05, 4.69) is 0 Å². The molecule has 14 rings (SSSR count). The number of carbonyl (C=O) groups excluding carboxylic acids is 8. The molecule has 0 aliphatic carbocycles. The number of nitrogens with zero attached hydrogens (tertiary/aromatic N) is 4. The van der Waals surface area contributed by atoms with Crippen LogP contribution in [0, 0.1) is 0 Å².